The first-order valence-electron chi connectivity index (χ1n) is 7.09. The molecule has 1 saturated heterocycles. The number of ether oxygens (including phenoxy) is 3. The highest BCUT2D eigenvalue weighted by Gasteiger charge is 2.24. The van der Waals surface area contributed by atoms with Crippen LogP contribution < -0.4 is 9.47 Å². The largest absolute Gasteiger partial charge is 0.493 e. The zero-order chi connectivity index (χ0) is 14.8. The quantitative estimate of drug-likeness (QED) is 0.787. The molecule has 2 aliphatic rings. The summed E-state index contributed by atoms with van der Waals surface area (Å²) in [5.74, 6) is 1.59. The number of thiocarbonyl (C=S) groups is 1. The molecule has 0 unspecified atom stereocenters. The lowest BCUT2D eigenvalue weighted by atomic mass is 9.99. The van der Waals surface area contributed by atoms with Gasteiger partial charge >= 0.3 is 0 Å². The molecule has 2 aliphatic heterocycles. The molecule has 0 spiro atoms. The van der Waals surface area contributed by atoms with E-state index in [4.69, 9.17) is 26.4 Å². The van der Waals surface area contributed by atoms with E-state index in [0.717, 1.165) is 44.2 Å². The molecular formula is C15H20N2O3S. The lowest BCUT2D eigenvalue weighted by Crippen LogP contribution is -2.41. The first-order chi connectivity index (χ1) is 10.2. The topological polar surface area (TPSA) is 34.2 Å². The zero-order valence-corrected chi connectivity index (χ0v) is 13.2. The van der Waals surface area contributed by atoms with Gasteiger partial charge in [-0.2, -0.15) is 0 Å². The third-order valence-corrected chi connectivity index (χ3v) is 4.39. The Morgan fingerprint density at radius 1 is 1.14 bits per heavy atom. The Balaban J connectivity index is 1.74. The lowest BCUT2D eigenvalue weighted by Gasteiger charge is -2.32. The van der Waals surface area contributed by atoms with E-state index in [9.17, 15) is 0 Å². The summed E-state index contributed by atoms with van der Waals surface area (Å²) in [6.45, 7) is 4.32. The van der Waals surface area contributed by atoms with Crippen molar-refractivity contribution in [3.8, 4) is 11.5 Å². The molecule has 2 heterocycles. The van der Waals surface area contributed by atoms with Crippen molar-refractivity contribution in [2.75, 3.05) is 40.6 Å². The summed E-state index contributed by atoms with van der Waals surface area (Å²) in [6, 6.07) is 4.17. The van der Waals surface area contributed by atoms with Crippen LogP contribution in [0, 0.1) is 0 Å². The van der Waals surface area contributed by atoms with Gasteiger partial charge in [0, 0.05) is 13.1 Å². The summed E-state index contributed by atoms with van der Waals surface area (Å²) in [5.41, 5.74) is 2.63. The van der Waals surface area contributed by atoms with Gasteiger partial charge in [0.05, 0.1) is 27.4 Å². The van der Waals surface area contributed by atoms with Gasteiger partial charge in [0.2, 0.25) is 0 Å². The summed E-state index contributed by atoms with van der Waals surface area (Å²) < 4.78 is 16.1. The lowest BCUT2D eigenvalue weighted by molar-refractivity contribution is 0.180. The van der Waals surface area contributed by atoms with Crippen molar-refractivity contribution in [3.05, 3.63) is 23.3 Å². The Morgan fingerprint density at radius 2 is 1.86 bits per heavy atom. The fourth-order valence-corrected chi connectivity index (χ4v) is 3.09. The molecule has 5 nitrogen and oxygen atoms in total. The van der Waals surface area contributed by atoms with E-state index >= 15 is 0 Å². The molecule has 1 aromatic carbocycles. The van der Waals surface area contributed by atoms with Gasteiger partial charge in [-0.05, 0) is 41.9 Å². The molecule has 0 N–H and O–H groups in total. The second-order valence-corrected chi connectivity index (χ2v) is 5.65. The third kappa shape index (κ3) is 2.91. The minimum atomic E-state index is 0.619. The maximum absolute atomic E-state index is 5.39. The monoisotopic (exact) mass is 308 g/mol. The van der Waals surface area contributed by atoms with Gasteiger partial charge in [0.15, 0.2) is 11.5 Å². The summed E-state index contributed by atoms with van der Waals surface area (Å²) in [4.78, 5) is 4.50. The molecule has 0 aromatic heterocycles. The van der Waals surface area contributed by atoms with E-state index in [2.05, 4.69) is 21.9 Å². The minimum absolute atomic E-state index is 0.619. The molecule has 0 radical (unpaired) electrons. The Morgan fingerprint density at radius 3 is 2.48 bits per heavy atom. The second kappa shape index (κ2) is 6.07. The van der Waals surface area contributed by atoms with Gasteiger partial charge in [0.1, 0.15) is 6.61 Å². The Bertz CT molecular complexity index is 550. The van der Waals surface area contributed by atoms with E-state index in [-0.39, 0.29) is 0 Å². The maximum atomic E-state index is 5.39. The molecule has 21 heavy (non-hydrogen) atoms. The fraction of sp³-hybridized carbons (Fsp3) is 0.533. The van der Waals surface area contributed by atoms with Crippen LogP contribution in [0.4, 0.5) is 0 Å². The molecule has 6 heteroatoms. The van der Waals surface area contributed by atoms with Crippen LogP contribution in [0.1, 0.15) is 11.1 Å². The van der Waals surface area contributed by atoms with Crippen molar-refractivity contribution < 1.29 is 14.2 Å². The average Bonchev–Trinajstić information content (AvgIpc) is 2.91. The Hall–Kier alpha value is -1.53. The Kier molecular flexibility index (Phi) is 4.17. The normalized spacial score (nSPS) is 18.4. The van der Waals surface area contributed by atoms with Crippen LogP contribution in [0.3, 0.4) is 0 Å². The van der Waals surface area contributed by atoms with Gasteiger partial charge in [-0.15, -0.1) is 0 Å². The number of fused-ring (bicyclic) bond motifs is 1. The van der Waals surface area contributed by atoms with Crippen LogP contribution in [-0.4, -0.2) is 55.6 Å². The van der Waals surface area contributed by atoms with Crippen molar-refractivity contribution in [3.63, 3.8) is 0 Å². The van der Waals surface area contributed by atoms with Crippen molar-refractivity contribution in [2.45, 2.75) is 13.0 Å². The van der Waals surface area contributed by atoms with Gasteiger partial charge in [-0.25, -0.2) is 0 Å². The van der Waals surface area contributed by atoms with Crippen LogP contribution in [0.15, 0.2) is 12.1 Å². The van der Waals surface area contributed by atoms with E-state index in [1.807, 2.05) is 0 Å². The standard InChI is InChI=1S/C15H20N2O3S/c1-18-13-7-11-3-4-16(9-12(11)8-14(13)19-2)10-17-5-6-20-15(17)21/h7-8H,3-6,9-10H2,1-2H3. The van der Waals surface area contributed by atoms with Crippen LogP contribution >= 0.6 is 12.2 Å². The summed E-state index contributed by atoms with van der Waals surface area (Å²) in [5, 5.41) is 0.619. The molecule has 1 fully saturated rings. The van der Waals surface area contributed by atoms with Crippen molar-refractivity contribution in [1.82, 2.24) is 9.80 Å². The van der Waals surface area contributed by atoms with Crippen molar-refractivity contribution in [1.29, 1.82) is 0 Å². The average molecular weight is 308 g/mol. The third-order valence-electron chi connectivity index (χ3n) is 4.01. The first-order valence-corrected chi connectivity index (χ1v) is 7.50. The molecule has 3 rings (SSSR count). The number of methoxy groups -OCH3 is 2. The predicted molar refractivity (Wildman–Crippen MR) is 83.8 cm³/mol. The molecule has 0 saturated carbocycles. The van der Waals surface area contributed by atoms with Gasteiger partial charge in [-0.1, -0.05) is 0 Å². The number of hydrogen-bond donors (Lipinski definition) is 0. The fourth-order valence-electron chi connectivity index (χ4n) is 2.86. The maximum Gasteiger partial charge on any atom is 0.260 e. The molecule has 0 bridgehead atoms. The highest BCUT2D eigenvalue weighted by Crippen LogP contribution is 2.33. The van der Waals surface area contributed by atoms with E-state index in [1.165, 1.54) is 11.1 Å². The summed E-state index contributed by atoms with van der Waals surface area (Å²) in [7, 11) is 3.35. The molecule has 1 aromatic rings. The molecule has 0 amide bonds. The van der Waals surface area contributed by atoms with E-state index in [0.29, 0.717) is 11.8 Å². The zero-order valence-electron chi connectivity index (χ0n) is 12.4. The van der Waals surface area contributed by atoms with Crippen LogP contribution in [-0.2, 0) is 17.7 Å². The minimum Gasteiger partial charge on any atom is -0.493 e. The van der Waals surface area contributed by atoms with Crippen LogP contribution in [0.25, 0.3) is 0 Å². The van der Waals surface area contributed by atoms with Gasteiger partial charge < -0.3 is 19.1 Å². The number of hydrogen-bond acceptors (Lipinski definition) is 5. The Labute approximate surface area is 130 Å². The van der Waals surface area contributed by atoms with Crippen molar-refractivity contribution in [2.24, 2.45) is 0 Å². The van der Waals surface area contributed by atoms with Crippen molar-refractivity contribution >= 4 is 17.4 Å². The predicted octanol–water partition coefficient (Wildman–Crippen LogP) is 1.64. The summed E-state index contributed by atoms with van der Waals surface area (Å²) >= 11 is 5.20. The van der Waals surface area contributed by atoms with Gasteiger partial charge in [0.25, 0.3) is 5.17 Å². The van der Waals surface area contributed by atoms with Crippen LogP contribution in [0.5, 0.6) is 11.5 Å². The smallest absolute Gasteiger partial charge is 0.260 e. The number of benzene rings is 1. The molecular weight excluding hydrogens is 288 g/mol. The number of nitrogens with zero attached hydrogens (tertiary/aromatic N) is 2. The second-order valence-electron chi connectivity index (χ2n) is 5.30. The van der Waals surface area contributed by atoms with Crippen LogP contribution in [0.2, 0.25) is 0 Å². The molecule has 114 valence electrons. The number of rotatable bonds is 4. The highest BCUT2D eigenvalue weighted by molar-refractivity contribution is 7.80. The van der Waals surface area contributed by atoms with E-state index < -0.39 is 0 Å². The van der Waals surface area contributed by atoms with E-state index in [1.54, 1.807) is 14.2 Å². The molecule has 0 aliphatic carbocycles. The highest BCUT2D eigenvalue weighted by atomic mass is 32.1. The first kappa shape index (κ1) is 14.4. The summed E-state index contributed by atoms with van der Waals surface area (Å²) in [6.07, 6.45) is 1.01. The SMILES string of the molecule is COc1cc2c(cc1OC)CN(CN1CCOC1=S)CC2. The molecule has 0 atom stereocenters. The van der Waals surface area contributed by atoms with Gasteiger partial charge in [-0.3, -0.25) is 4.90 Å².